The minimum absolute atomic E-state index is 0.298. The van der Waals surface area contributed by atoms with Gasteiger partial charge < -0.3 is 18.9 Å². The van der Waals surface area contributed by atoms with E-state index in [1.165, 1.54) is 23.3 Å². The van der Waals surface area contributed by atoms with E-state index in [-0.39, 0.29) is 12.2 Å². The van der Waals surface area contributed by atoms with Crippen molar-refractivity contribution in [2.75, 3.05) is 59.6 Å². The molecule has 0 radical (unpaired) electrons. The van der Waals surface area contributed by atoms with Crippen LogP contribution in [0.5, 0.6) is 0 Å². The SMILES string of the molecule is C=CC(=O)OC(COCC1CSCS1)CSCc1ccc(CSCC(COCC2CSCS2)OC(=O)C=C)cc1. The molecule has 0 spiro atoms. The molecule has 4 unspecified atom stereocenters. The van der Waals surface area contributed by atoms with Crippen LogP contribution in [-0.2, 0) is 40.0 Å². The number of thioether (sulfide) groups is 6. The van der Waals surface area contributed by atoms with Gasteiger partial charge >= 0.3 is 11.9 Å². The van der Waals surface area contributed by atoms with E-state index in [4.69, 9.17) is 18.9 Å². The highest BCUT2D eigenvalue weighted by atomic mass is 32.2. The van der Waals surface area contributed by atoms with E-state index in [0.29, 0.717) is 48.4 Å². The van der Waals surface area contributed by atoms with Crippen molar-refractivity contribution < 1.29 is 28.5 Å². The summed E-state index contributed by atoms with van der Waals surface area (Å²) in [6.45, 7) is 9.18. The summed E-state index contributed by atoms with van der Waals surface area (Å²) < 4.78 is 22.7. The van der Waals surface area contributed by atoms with E-state index in [2.05, 4.69) is 37.4 Å². The van der Waals surface area contributed by atoms with Crippen LogP contribution in [0.3, 0.4) is 0 Å². The molecule has 2 aliphatic rings. The molecule has 4 atom stereocenters. The summed E-state index contributed by atoms with van der Waals surface area (Å²) in [6, 6.07) is 8.53. The van der Waals surface area contributed by atoms with Gasteiger partial charge in [-0.1, -0.05) is 37.4 Å². The molecule has 6 nitrogen and oxygen atoms in total. The molecule has 12 heteroatoms. The second kappa shape index (κ2) is 20.5. The number of carbonyl (C=O) groups excluding carboxylic acids is 2. The zero-order valence-electron chi connectivity index (χ0n) is 22.6. The van der Waals surface area contributed by atoms with Crippen LogP contribution in [0.2, 0.25) is 0 Å². The third-order valence-corrected chi connectivity index (χ3v) is 13.6. The van der Waals surface area contributed by atoms with E-state index in [1.807, 2.05) is 47.0 Å². The first kappa shape index (κ1) is 34.2. The van der Waals surface area contributed by atoms with Crippen molar-refractivity contribution in [3.8, 4) is 0 Å². The first-order chi connectivity index (χ1) is 19.6. The van der Waals surface area contributed by atoms with Crippen molar-refractivity contribution in [1.29, 1.82) is 0 Å². The van der Waals surface area contributed by atoms with Crippen molar-refractivity contribution in [3.63, 3.8) is 0 Å². The molecule has 1 aromatic carbocycles. The number of hydrogen-bond acceptors (Lipinski definition) is 12. The number of carbonyl (C=O) groups is 2. The molecule has 2 fully saturated rings. The van der Waals surface area contributed by atoms with Crippen LogP contribution >= 0.6 is 70.6 Å². The molecule has 0 bridgehead atoms. The molecule has 0 saturated carbocycles. The molecule has 0 aliphatic carbocycles. The van der Waals surface area contributed by atoms with Crippen molar-refractivity contribution >= 4 is 82.5 Å². The van der Waals surface area contributed by atoms with Crippen LogP contribution in [0, 0.1) is 0 Å². The Balaban J connectivity index is 1.36. The molecule has 222 valence electrons. The molecule has 2 heterocycles. The Bertz CT molecular complexity index is 832. The quantitative estimate of drug-likeness (QED) is 0.122. The average molecular weight is 663 g/mol. The minimum Gasteiger partial charge on any atom is -0.456 e. The fourth-order valence-electron chi connectivity index (χ4n) is 3.60. The monoisotopic (exact) mass is 662 g/mol. The van der Waals surface area contributed by atoms with Gasteiger partial charge in [-0.2, -0.15) is 23.5 Å². The van der Waals surface area contributed by atoms with E-state index < -0.39 is 11.9 Å². The maximum atomic E-state index is 11.8. The summed E-state index contributed by atoms with van der Waals surface area (Å²) in [7, 11) is 0. The van der Waals surface area contributed by atoms with Gasteiger partial charge in [-0.25, -0.2) is 9.59 Å². The van der Waals surface area contributed by atoms with Crippen LogP contribution in [0.4, 0.5) is 0 Å². The summed E-state index contributed by atoms with van der Waals surface area (Å²) in [5.74, 6) is 4.36. The fraction of sp³-hybridized carbons (Fsp3) is 0.571. The second-order valence-corrected chi connectivity index (χ2v) is 16.4. The van der Waals surface area contributed by atoms with Gasteiger partial charge in [-0.05, 0) is 11.1 Å². The highest BCUT2D eigenvalue weighted by Crippen LogP contribution is 2.30. The van der Waals surface area contributed by atoms with Gasteiger partial charge in [0.1, 0.15) is 12.2 Å². The zero-order valence-corrected chi connectivity index (χ0v) is 27.5. The van der Waals surface area contributed by atoms with E-state index in [0.717, 1.165) is 33.2 Å². The average Bonchev–Trinajstić information content (AvgIpc) is 3.68. The molecule has 0 amide bonds. The first-order valence-corrected chi connectivity index (χ1v) is 19.7. The Kier molecular flexibility index (Phi) is 17.5. The first-order valence-electron chi connectivity index (χ1n) is 13.0. The largest absolute Gasteiger partial charge is 0.456 e. The lowest BCUT2D eigenvalue weighted by atomic mass is 10.2. The van der Waals surface area contributed by atoms with Gasteiger partial charge in [0, 0.05) is 67.3 Å². The predicted octanol–water partition coefficient (Wildman–Crippen LogP) is 5.99. The normalized spacial score (nSPS) is 20.1. The Hall–Kier alpha value is -0.340. The molecular weight excluding hydrogens is 625 g/mol. The Labute approximate surface area is 264 Å². The maximum absolute atomic E-state index is 11.8. The molecule has 40 heavy (non-hydrogen) atoms. The van der Waals surface area contributed by atoms with Crippen molar-refractivity contribution in [2.24, 2.45) is 0 Å². The van der Waals surface area contributed by atoms with Crippen LogP contribution in [0.25, 0.3) is 0 Å². The van der Waals surface area contributed by atoms with Crippen molar-refractivity contribution in [2.45, 2.75) is 34.2 Å². The number of benzene rings is 1. The lowest BCUT2D eigenvalue weighted by Gasteiger charge is -2.18. The van der Waals surface area contributed by atoms with Gasteiger partial charge in [-0.3, -0.25) is 0 Å². The van der Waals surface area contributed by atoms with Crippen molar-refractivity contribution in [1.82, 2.24) is 0 Å². The maximum Gasteiger partial charge on any atom is 0.330 e. The smallest absolute Gasteiger partial charge is 0.330 e. The number of esters is 2. The van der Waals surface area contributed by atoms with Gasteiger partial charge in [0.25, 0.3) is 0 Å². The summed E-state index contributed by atoms with van der Waals surface area (Å²) in [4.78, 5) is 23.5. The number of rotatable bonds is 20. The molecule has 0 N–H and O–H groups in total. The number of ether oxygens (including phenoxy) is 4. The Morgan fingerprint density at radius 2 is 1.23 bits per heavy atom. The molecular formula is C28H38O6S6. The van der Waals surface area contributed by atoms with Gasteiger partial charge in [0.15, 0.2) is 0 Å². The summed E-state index contributed by atoms with van der Waals surface area (Å²) in [5.41, 5.74) is 2.42. The Morgan fingerprint density at radius 3 is 1.57 bits per heavy atom. The molecule has 3 rings (SSSR count). The number of hydrogen-bond donors (Lipinski definition) is 0. The summed E-state index contributed by atoms with van der Waals surface area (Å²) >= 11 is 11.2. The highest BCUT2D eigenvalue weighted by molar-refractivity contribution is 8.19. The zero-order chi connectivity index (χ0) is 28.4. The van der Waals surface area contributed by atoms with E-state index in [9.17, 15) is 9.59 Å². The molecule has 2 saturated heterocycles. The third-order valence-electron chi connectivity index (χ3n) is 5.66. The standard InChI is InChI=1S/C28H38O6S6/c1-3-27(29)33-23(9-31-11-25-17-37-19-39-25)15-35-13-21-5-7-22(8-6-21)14-36-16-24(34-28(30)4-2)10-32-12-26-18-38-20-40-26/h3-8,23-26H,1-2,9-20H2. The highest BCUT2D eigenvalue weighted by Gasteiger charge is 2.20. The van der Waals surface area contributed by atoms with Crippen LogP contribution in [0.1, 0.15) is 11.1 Å². The lowest BCUT2D eigenvalue weighted by molar-refractivity contribution is -0.145. The fourth-order valence-corrected chi connectivity index (χ4v) is 11.1. The summed E-state index contributed by atoms with van der Waals surface area (Å²) in [5, 5.41) is 3.28. The van der Waals surface area contributed by atoms with E-state index in [1.54, 1.807) is 23.5 Å². The topological polar surface area (TPSA) is 71.1 Å². The predicted molar refractivity (Wildman–Crippen MR) is 178 cm³/mol. The third kappa shape index (κ3) is 14.2. The summed E-state index contributed by atoms with van der Waals surface area (Å²) in [6.07, 6.45) is 1.80. The van der Waals surface area contributed by atoms with Crippen molar-refractivity contribution in [3.05, 3.63) is 60.7 Å². The van der Waals surface area contributed by atoms with Gasteiger partial charge in [0.2, 0.25) is 0 Å². The minimum atomic E-state index is -0.415. The molecule has 1 aromatic rings. The van der Waals surface area contributed by atoms with Crippen LogP contribution in [0.15, 0.2) is 49.6 Å². The van der Waals surface area contributed by atoms with Crippen LogP contribution in [-0.4, -0.2) is 94.3 Å². The van der Waals surface area contributed by atoms with E-state index >= 15 is 0 Å². The molecule has 0 aromatic heterocycles. The molecule has 2 aliphatic heterocycles. The van der Waals surface area contributed by atoms with Gasteiger partial charge in [-0.15, -0.1) is 47.0 Å². The second-order valence-electron chi connectivity index (χ2n) is 9.00. The van der Waals surface area contributed by atoms with Crippen LogP contribution < -0.4 is 0 Å². The lowest BCUT2D eigenvalue weighted by Crippen LogP contribution is -2.27. The van der Waals surface area contributed by atoms with Gasteiger partial charge in [0.05, 0.1) is 26.4 Å². The Morgan fingerprint density at radius 1 is 0.800 bits per heavy atom.